The molecular weight excluding hydrogens is 224 g/mol. The van der Waals surface area contributed by atoms with Crippen LogP contribution in [0.5, 0.6) is 0 Å². The van der Waals surface area contributed by atoms with E-state index < -0.39 is 0 Å². The summed E-state index contributed by atoms with van der Waals surface area (Å²) in [7, 11) is 0. The topological polar surface area (TPSA) is 26.3 Å². The van der Waals surface area contributed by atoms with Gasteiger partial charge in [-0.3, -0.25) is 4.79 Å². The maximum absolute atomic E-state index is 11.5. The van der Waals surface area contributed by atoms with E-state index in [4.69, 9.17) is 4.74 Å². The van der Waals surface area contributed by atoms with Gasteiger partial charge in [-0.2, -0.15) is 0 Å². The number of allylic oxidation sites excluding steroid dienone is 2. The van der Waals surface area contributed by atoms with Crippen LogP contribution in [-0.4, -0.2) is 12.6 Å². The molecule has 0 aliphatic carbocycles. The zero-order valence-electron chi connectivity index (χ0n) is 12.4. The second-order valence-electron chi connectivity index (χ2n) is 5.20. The SMILES string of the molecule is C=C(C)C(CC=C(C)C)COC(=O)CCCCC. The molecule has 0 heterocycles. The summed E-state index contributed by atoms with van der Waals surface area (Å²) in [6.07, 6.45) is 6.77. The molecule has 0 saturated heterocycles. The molecule has 0 aromatic carbocycles. The summed E-state index contributed by atoms with van der Waals surface area (Å²) in [5.41, 5.74) is 2.37. The summed E-state index contributed by atoms with van der Waals surface area (Å²) in [6, 6.07) is 0. The molecule has 0 N–H and O–H groups in total. The van der Waals surface area contributed by atoms with Crippen molar-refractivity contribution in [3.05, 3.63) is 23.8 Å². The molecule has 0 radical (unpaired) electrons. The first kappa shape index (κ1) is 16.9. The van der Waals surface area contributed by atoms with Crippen molar-refractivity contribution in [3.8, 4) is 0 Å². The number of carbonyl (C=O) groups is 1. The molecule has 0 aromatic rings. The van der Waals surface area contributed by atoms with Gasteiger partial charge in [-0.25, -0.2) is 0 Å². The van der Waals surface area contributed by atoms with Crippen molar-refractivity contribution in [3.63, 3.8) is 0 Å². The van der Waals surface area contributed by atoms with Crippen molar-refractivity contribution in [1.82, 2.24) is 0 Å². The number of hydrogen-bond donors (Lipinski definition) is 0. The van der Waals surface area contributed by atoms with Crippen LogP contribution in [0.15, 0.2) is 23.8 Å². The number of rotatable bonds is 9. The van der Waals surface area contributed by atoms with Gasteiger partial charge < -0.3 is 4.74 Å². The summed E-state index contributed by atoms with van der Waals surface area (Å²) < 4.78 is 5.32. The predicted octanol–water partition coefficient (Wildman–Crippen LogP) is 4.66. The standard InChI is InChI=1S/C16H28O2/c1-6-7-8-9-16(17)18-12-15(14(4)5)11-10-13(2)3/h10,15H,4,6-9,11-12H2,1-3,5H3. The van der Waals surface area contributed by atoms with Gasteiger partial charge in [-0.05, 0) is 33.6 Å². The van der Waals surface area contributed by atoms with Crippen LogP contribution in [-0.2, 0) is 9.53 Å². The quantitative estimate of drug-likeness (QED) is 0.339. The first-order valence-electron chi connectivity index (χ1n) is 6.91. The average Bonchev–Trinajstić information content (AvgIpc) is 2.28. The van der Waals surface area contributed by atoms with E-state index in [1.165, 1.54) is 5.57 Å². The van der Waals surface area contributed by atoms with E-state index >= 15 is 0 Å². The molecule has 0 aromatic heterocycles. The highest BCUT2D eigenvalue weighted by Gasteiger charge is 2.11. The normalized spacial score (nSPS) is 11.8. The number of ether oxygens (including phenoxy) is 1. The smallest absolute Gasteiger partial charge is 0.305 e. The predicted molar refractivity (Wildman–Crippen MR) is 77.5 cm³/mol. The summed E-state index contributed by atoms with van der Waals surface area (Å²) in [6.45, 7) is 12.7. The first-order chi connectivity index (χ1) is 8.47. The zero-order chi connectivity index (χ0) is 14.0. The van der Waals surface area contributed by atoms with E-state index in [0.717, 1.165) is 31.3 Å². The molecule has 0 rings (SSSR count). The number of carbonyl (C=O) groups excluding carboxylic acids is 1. The molecule has 1 unspecified atom stereocenters. The Hall–Kier alpha value is -1.05. The van der Waals surface area contributed by atoms with Crippen LogP contribution in [0, 0.1) is 5.92 Å². The molecule has 18 heavy (non-hydrogen) atoms. The van der Waals surface area contributed by atoms with Gasteiger partial charge in [0.1, 0.15) is 0 Å². The van der Waals surface area contributed by atoms with Crippen molar-refractivity contribution in [2.24, 2.45) is 5.92 Å². The second kappa shape index (κ2) is 9.93. The zero-order valence-corrected chi connectivity index (χ0v) is 12.4. The first-order valence-corrected chi connectivity index (χ1v) is 6.91. The summed E-state index contributed by atoms with van der Waals surface area (Å²) in [4.78, 5) is 11.5. The van der Waals surface area contributed by atoms with Gasteiger partial charge in [0.05, 0.1) is 6.61 Å². The fourth-order valence-corrected chi connectivity index (χ4v) is 1.57. The molecule has 0 aliphatic heterocycles. The largest absolute Gasteiger partial charge is 0.465 e. The van der Waals surface area contributed by atoms with E-state index in [1.807, 2.05) is 6.92 Å². The molecule has 0 spiro atoms. The lowest BCUT2D eigenvalue weighted by Gasteiger charge is -2.15. The molecule has 0 aliphatic rings. The Kier molecular flexibility index (Phi) is 9.35. The van der Waals surface area contributed by atoms with Gasteiger partial charge in [0.2, 0.25) is 0 Å². The lowest BCUT2D eigenvalue weighted by molar-refractivity contribution is -0.144. The van der Waals surface area contributed by atoms with E-state index in [2.05, 4.69) is 33.4 Å². The Morgan fingerprint density at radius 1 is 1.28 bits per heavy atom. The van der Waals surface area contributed by atoms with Gasteiger partial charge >= 0.3 is 5.97 Å². The highest BCUT2D eigenvalue weighted by Crippen LogP contribution is 2.16. The molecule has 2 heteroatoms. The van der Waals surface area contributed by atoms with Crippen molar-refractivity contribution in [2.45, 2.75) is 59.8 Å². The molecule has 0 bridgehead atoms. The number of esters is 1. The number of hydrogen-bond acceptors (Lipinski definition) is 2. The van der Waals surface area contributed by atoms with Crippen LogP contribution >= 0.6 is 0 Å². The molecule has 0 saturated carbocycles. The minimum absolute atomic E-state index is 0.0769. The third kappa shape index (κ3) is 9.03. The summed E-state index contributed by atoms with van der Waals surface area (Å²) >= 11 is 0. The van der Waals surface area contributed by atoms with Crippen LogP contribution < -0.4 is 0 Å². The Bertz CT molecular complexity index is 285. The third-order valence-corrected chi connectivity index (χ3v) is 2.94. The van der Waals surface area contributed by atoms with Crippen LogP contribution in [0.1, 0.15) is 59.8 Å². The Morgan fingerprint density at radius 3 is 2.44 bits per heavy atom. The fraction of sp³-hybridized carbons (Fsp3) is 0.688. The highest BCUT2D eigenvalue weighted by molar-refractivity contribution is 5.69. The third-order valence-electron chi connectivity index (χ3n) is 2.94. The number of unbranched alkanes of at least 4 members (excludes halogenated alkanes) is 2. The monoisotopic (exact) mass is 252 g/mol. The van der Waals surface area contributed by atoms with E-state index in [1.54, 1.807) is 0 Å². The van der Waals surface area contributed by atoms with Crippen molar-refractivity contribution >= 4 is 5.97 Å². The van der Waals surface area contributed by atoms with Crippen LogP contribution in [0.3, 0.4) is 0 Å². The van der Waals surface area contributed by atoms with Crippen LogP contribution in [0.2, 0.25) is 0 Å². The maximum atomic E-state index is 11.5. The fourth-order valence-electron chi connectivity index (χ4n) is 1.57. The van der Waals surface area contributed by atoms with E-state index in [-0.39, 0.29) is 11.9 Å². The van der Waals surface area contributed by atoms with Crippen molar-refractivity contribution in [1.29, 1.82) is 0 Å². The van der Waals surface area contributed by atoms with Gasteiger partial charge in [0.15, 0.2) is 0 Å². The van der Waals surface area contributed by atoms with Gasteiger partial charge in [-0.1, -0.05) is 43.6 Å². The molecular formula is C16H28O2. The van der Waals surface area contributed by atoms with E-state index in [0.29, 0.717) is 13.0 Å². The Labute approximate surface area is 112 Å². The van der Waals surface area contributed by atoms with Gasteiger partial charge in [-0.15, -0.1) is 0 Å². The maximum Gasteiger partial charge on any atom is 0.305 e. The van der Waals surface area contributed by atoms with Gasteiger partial charge in [0.25, 0.3) is 0 Å². The van der Waals surface area contributed by atoms with Crippen molar-refractivity contribution in [2.75, 3.05) is 6.61 Å². The summed E-state index contributed by atoms with van der Waals surface area (Å²) in [5, 5.41) is 0. The Balaban J connectivity index is 4.00. The van der Waals surface area contributed by atoms with Gasteiger partial charge in [0, 0.05) is 12.3 Å². The summed E-state index contributed by atoms with van der Waals surface area (Å²) in [5.74, 6) is 0.168. The molecule has 2 nitrogen and oxygen atoms in total. The molecule has 0 fully saturated rings. The second-order valence-corrected chi connectivity index (χ2v) is 5.20. The van der Waals surface area contributed by atoms with Crippen LogP contribution in [0.4, 0.5) is 0 Å². The minimum atomic E-state index is -0.0769. The van der Waals surface area contributed by atoms with Crippen molar-refractivity contribution < 1.29 is 9.53 Å². The molecule has 104 valence electrons. The lowest BCUT2D eigenvalue weighted by atomic mass is 9.98. The molecule has 0 amide bonds. The average molecular weight is 252 g/mol. The minimum Gasteiger partial charge on any atom is -0.465 e. The highest BCUT2D eigenvalue weighted by atomic mass is 16.5. The Morgan fingerprint density at radius 2 is 1.94 bits per heavy atom. The lowest BCUT2D eigenvalue weighted by Crippen LogP contribution is -2.14. The van der Waals surface area contributed by atoms with E-state index in [9.17, 15) is 4.79 Å². The van der Waals surface area contributed by atoms with Crippen LogP contribution in [0.25, 0.3) is 0 Å². The molecule has 1 atom stereocenters.